The van der Waals surface area contributed by atoms with Gasteiger partial charge in [0, 0.05) is 0 Å². The molecule has 0 aliphatic heterocycles. The Labute approximate surface area is 165 Å². The summed E-state index contributed by atoms with van der Waals surface area (Å²) < 4.78 is 1.37. The number of aromatic nitrogens is 2. The van der Waals surface area contributed by atoms with Gasteiger partial charge in [-0.2, -0.15) is 0 Å². The highest BCUT2D eigenvalue weighted by molar-refractivity contribution is 5.81. The zero-order valence-electron chi connectivity index (χ0n) is 16.9. The molecule has 1 aromatic heterocycles. The molecule has 0 fully saturated rings. The first kappa shape index (κ1) is 19.8. The maximum Gasteiger partial charge on any atom is 0.261 e. The summed E-state index contributed by atoms with van der Waals surface area (Å²) in [5.74, 6) is -0.200. The third kappa shape index (κ3) is 4.66. The standard InChI is InChI=1S/C23H27N3O2/c1-16-9-8-12-18-21(16)24-15-26(22(18)28)14-20(27)25-19(13-23(2,3)4)17-10-6-5-7-11-17/h5-12,15,19H,13-14H2,1-4H3,(H,25,27). The number of carbonyl (C=O) groups is 1. The van der Waals surface area contributed by atoms with Crippen LogP contribution in [-0.2, 0) is 11.3 Å². The van der Waals surface area contributed by atoms with E-state index in [2.05, 4.69) is 31.1 Å². The van der Waals surface area contributed by atoms with Gasteiger partial charge in [-0.15, -0.1) is 0 Å². The third-order valence-corrected chi connectivity index (χ3v) is 4.72. The molecule has 3 aromatic rings. The number of amides is 1. The molecule has 3 rings (SSSR count). The molecular weight excluding hydrogens is 350 g/mol. The molecule has 1 unspecified atom stereocenters. The van der Waals surface area contributed by atoms with Gasteiger partial charge < -0.3 is 5.32 Å². The Bertz CT molecular complexity index is 1030. The highest BCUT2D eigenvalue weighted by Crippen LogP contribution is 2.29. The molecule has 0 radical (unpaired) electrons. The summed E-state index contributed by atoms with van der Waals surface area (Å²) in [5.41, 5.74) is 2.54. The summed E-state index contributed by atoms with van der Waals surface area (Å²) in [6.07, 6.45) is 2.26. The average molecular weight is 377 g/mol. The minimum atomic E-state index is -0.200. The van der Waals surface area contributed by atoms with Crippen LogP contribution in [0.5, 0.6) is 0 Å². The van der Waals surface area contributed by atoms with Crippen molar-refractivity contribution >= 4 is 16.8 Å². The van der Waals surface area contributed by atoms with Gasteiger partial charge >= 0.3 is 0 Å². The smallest absolute Gasteiger partial charge is 0.261 e. The molecule has 1 amide bonds. The second kappa shape index (κ2) is 7.97. The zero-order valence-corrected chi connectivity index (χ0v) is 16.9. The van der Waals surface area contributed by atoms with E-state index in [1.54, 1.807) is 6.07 Å². The van der Waals surface area contributed by atoms with Crippen molar-refractivity contribution in [2.75, 3.05) is 0 Å². The molecule has 28 heavy (non-hydrogen) atoms. The van der Waals surface area contributed by atoms with Crippen LogP contribution in [0.2, 0.25) is 0 Å². The van der Waals surface area contributed by atoms with Crippen molar-refractivity contribution in [1.82, 2.24) is 14.9 Å². The summed E-state index contributed by atoms with van der Waals surface area (Å²) >= 11 is 0. The third-order valence-electron chi connectivity index (χ3n) is 4.72. The van der Waals surface area contributed by atoms with E-state index in [0.717, 1.165) is 17.5 Å². The fourth-order valence-corrected chi connectivity index (χ4v) is 3.39. The minimum absolute atomic E-state index is 0.0483. The number of para-hydroxylation sites is 1. The van der Waals surface area contributed by atoms with E-state index in [1.165, 1.54) is 10.9 Å². The summed E-state index contributed by atoms with van der Waals surface area (Å²) in [7, 11) is 0. The van der Waals surface area contributed by atoms with E-state index >= 15 is 0 Å². The molecule has 1 heterocycles. The van der Waals surface area contributed by atoms with Gasteiger partial charge in [-0.25, -0.2) is 4.98 Å². The van der Waals surface area contributed by atoms with E-state index in [-0.39, 0.29) is 29.5 Å². The van der Waals surface area contributed by atoms with Crippen molar-refractivity contribution in [2.24, 2.45) is 5.41 Å². The second-order valence-electron chi connectivity index (χ2n) is 8.44. The van der Waals surface area contributed by atoms with Crippen LogP contribution in [0.1, 0.15) is 44.4 Å². The fraction of sp³-hybridized carbons (Fsp3) is 0.348. The zero-order chi connectivity index (χ0) is 20.3. The maximum absolute atomic E-state index is 12.7. The number of carbonyl (C=O) groups excluding carboxylic acids is 1. The van der Waals surface area contributed by atoms with Crippen LogP contribution in [0.15, 0.2) is 59.7 Å². The number of hydrogen-bond donors (Lipinski definition) is 1. The Morgan fingerprint density at radius 3 is 2.50 bits per heavy atom. The van der Waals surface area contributed by atoms with Crippen molar-refractivity contribution < 1.29 is 4.79 Å². The van der Waals surface area contributed by atoms with Crippen LogP contribution in [0, 0.1) is 12.3 Å². The first-order valence-corrected chi connectivity index (χ1v) is 9.54. The predicted octanol–water partition coefficient (Wildman–Crippen LogP) is 4.00. The van der Waals surface area contributed by atoms with Gasteiger partial charge in [0.25, 0.3) is 5.56 Å². The first-order valence-electron chi connectivity index (χ1n) is 9.54. The van der Waals surface area contributed by atoms with Crippen molar-refractivity contribution in [2.45, 2.75) is 46.7 Å². The molecule has 0 bridgehead atoms. The van der Waals surface area contributed by atoms with Crippen molar-refractivity contribution in [3.63, 3.8) is 0 Å². The van der Waals surface area contributed by atoms with Gasteiger partial charge in [0.1, 0.15) is 6.54 Å². The fourth-order valence-electron chi connectivity index (χ4n) is 3.39. The summed E-state index contributed by atoms with van der Waals surface area (Å²) in [5, 5.41) is 3.63. The molecule has 0 aliphatic rings. The normalized spacial score (nSPS) is 12.7. The molecular formula is C23H27N3O2. The van der Waals surface area contributed by atoms with Gasteiger partial charge in [0.15, 0.2) is 0 Å². The molecule has 1 N–H and O–H groups in total. The van der Waals surface area contributed by atoms with Crippen molar-refractivity contribution in [3.05, 3.63) is 76.3 Å². The van der Waals surface area contributed by atoms with Gasteiger partial charge in [-0.1, -0.05) is 63.2 Å². The number of aryl methyl sites for hydroxylation is 1. The quantitative estimate of drug-likeness (QED) is 0.731. The van der Waals surface area contributed by atoms with Gasteiger partial charge in [-0.05, 0) is 36.0 Å². The lowest BCUT2D eigenvalue weighted by Gasteiger charge is -2.27. The molecule has 0 saturated carbocycles. The Hall–Kier alpha value is -2.95. The maximum atomic E-state index is 12.7. The largest absolute Gasteiger partial charge is 0.348 e. The summed E-state index contributed by atoms with van der Waals surface area (Å²) in [6, 6.07) is 15.3. The van der Waals surface area contributed by atoms with E-state index in [0.29, 0.717) is 10.9 Å². The van der Waals surface area contributed by atoms with E-state index in [1.807, 2.05) is 49.4 Å². The first-order chi connectivity index (χ1) is 13.2. The number of rotatable bonds is 5. The molecule has 0 aliphatic carbocycles. The van der Waals surface area contributed by atoms with Crippen molar-refractivity contribution in [1.29, 1.82) is 0 Å². The molecule has 0 spiro atoms. The highest BCUT2D eigenvalue weighted by atomic mass is 16.2. The summed E-state index contributed by atoms with van der Waals surface area (Å²) in [6.45, 7) is 8.31. The molecule has 146 valence electrons. The molecule has 2 aromatic carbocycles. The monoisotopic (exact) mass is 377 g/mol. The van der Waals surface area contributed by atoms with Gasteiger partial charge in [0.2, 0.25) is 5.91 Å². The summed E-state index contributed by atoms with van der Waals surface area (Å²) in [4.78, 5) is 29.9. The van der Waals surface area contributed by atoms with Crippen LogP contribution < -0.4 is 10.9 Å². The lowest BCUT2D eigenvalue weighted by Crippen LogP contribution is -2.36. The number of hydrogen-bond acceptors (Lipinski definition) is 3. The minimum Gasteiger partial charge on any atom is -0.348 e. The number of benzene rings is 2. The number of nitrogens with zero attached hydrogens (tertiary/aromatic N) is 2. The Kier molecular flexibility index (Phi) is 5.63. The molecule has 0 saturated heterocycles. The Morgan fingerprint density at radius 1 is 1.11 bits per heavy atom. The van der Waals surface area contributed by atoms with Gasteiger partial charge in [0.05, 0.1) is 23.3 Å². The highest BCUT2D eigenvalue weighted by Gasteiger charge is 2.22. The Morgan fingerprint density at radius 2 is 1.82 bits per heavy atom. The van der Waals surface area contributed by atoms with Crippen LogP contribution in [-0.4, -0.2) is 15.5 Å². The van der Waals surface area contributed by atoms with Crippen LogP contribution >= 0.6 is 0 Å². The lowest BCUT2D eigenvalue weighted by atomic mass is 9.85. The van der Waals surface area contributed by atoms with Crippen LogP contribution in [0.4, 0.5) is 0 Å². The second-order valence-corrected chi connectivity index (χ2v) is 8.44. The molecule has 5 nitrogen and oxygen atoms in total. The molecule has 5 heteroatoms. The number of nitrogens with one attached hydrogen (secondary N) is 1. The molecule has 1 atom stereocenters. The Balaban J connectivity index is 1.82. The number of fused-ring (bicyclic) bond motifs is 1. The van der Waals surface area contributed by atoms with E-state index in [4.69, 9.17) is 0 Å². The van der Waals surface area contributed by atoms with Crippen LogP contribution in [0.25, 0.3) is 10.9 Å². The lowest BCUT2D eigenvalue weighted by molar-refractivity contribution is -0.122. The van der Waals surface area contributed by atoms with E-state index < -0.39 is 0 Å². The van der Waals surface area contributed by atoms with Crippen molar-refractivity contribution in [3.8, 4) is 0 Å². The van der Waals surface area contributed by atoms with Crippen LogP contribution in [0.3, 0.4) is 0 Å². The van der Waals surface area contributed by atoms with E-state index in [9.17, 15) is 9.59 Å². The average Bonchev–Trinajstić information content (AvgIpc) is 2.64. The predicted molar refractivity (Wildman–Crippen MR) is 112 cm³/mol. The van der Waals surface area contributed by atoms with Gasteiger partial charge in [-0.3, -0.25) is 14.2 Å². The SMILES string of the molecule is Cc1cccc2c(=O)n(CC(=O)NC(CC(C)(C)C)c3ccccc3)cnc12. The topological polar surface area (TPSA) is 64.0 Å².